The predicted molar refractivity (Wildman–Crippen MR) is 81.7 cm³/mol. The van der Waals surface area contributed by atoms with E-state index in [9.17, 15) is 4.39 Å². The van der Waals surface area contributed by atoms with Crippen LogP contribution in [0.5, 0.6) is 5.75 Å². The van der Waals surface area contributed by atoms with Gasteiger partial charge < -0.3 is 15.8 Å². The standard InChI is InChI=1S/C16H20FN3O/c1-3-19-14(8-11-6-7-20-16(18)9-11)12-4-5-13(17)15(10-12)21-2/h4-7,9-10,14,19H,3,8H2,1-2H3,(H2,18,20). The molecule has 0 fully saturated rings. The molecule has 2 aromatic rings. The minimum atomic E-state index is -0.357. The van der Waals surface area contributed by atoms with Gasteiger partial charge in [0.2, 0.25) is 0 Å². The molecule has 112 valence electrons. The number of hydrogen-bond donors (Lipinski definition) is 2. The fourth-order valence-electron chi connectivity index (χ4n) is 2.30. The largest absolute Gasteiger partial charge is 0.494 e. The van der Waals surface area contributed by atoms with Crippen LogP contribution in [0.1, 0.15) is 24.1 Å². The Morgan fingerprint density at radius 2 is 2.14 bits per heavy atom. The van der Waals surface area contributed by atoms with Gasteiger partial charge in [0.1, 0.15) is 5.82 Å². The van der Waals surface area contributed by atoms with E-state index in [0.29, 0.717) is 5.82 Å². The maximum Gasteiger partial charge on any atom is 0.165 e. The van der Waals surface area contributed by atoms with Gasteiger partial charge in [0.25, 0.3) is 0 Å². The molecule has 0 saturated carbocycles. The fourth-order valence-corrected chi connectivity index (χ4v) is 2.30. The Balaban J connectivity index is 2.26. The van der Waals surface area contributed by atoms with Gasteiger partial charge in [-0.2, -0.15) is 0 Å². The summed E-state index contributed by atoms with van der Waals surface area (Å²) in [7, 11) is 1.47. The molecule has 4 nitrogen and oxygen atoms in total. The topological polar surface area (TPSA) is 60.2 Å². The molecule has 0 aliphatic heterocycles. The van der Waals surface area contributed by atoms with E-state index >= 15 is 0 Å². The Labute approximate surface area is 124 Å². The monoisotopic (exact) mass is 289 g/mol. The average Bonchev–Trinajstić information content (AvgIpc) is 2.47. The third kappa shape index (κ3) is 3.92. The molecule has 1 atom stereocenters. The highest BCUT2D eigenvalue weighted by Crippen LogP contribution is 2.25. The number of nitrogens with two attached hydrogens (primary N) is 1. The van der Waals surface area contributed by atoms with Crippen molar-refractivity contribution in [3.63, 3.8) is 0 Å². The summed E-state index contributed by atoms with van der Waals surface area (Å²) in [4.78, 5) is 3.99. The fraction of sp³-hybridized carbons (Fsp3) is 0.312. The first kappa shape index (κ1) is 15.3. The third-order valence-corrected chi connectivity index (χ3v) is 3.31. The van der Waals surface area contributed by atoms with Gasteiger partial charge in [-0.1, -0.05) is 13.0 Å². The molecule has 1 aromatic heterocycles. The van der Waals surface area contributed by atoms with Crippen LogP contribution in [-0.2, 0) is 6.42 Å². The van der Waals surface area contributed by atoms with Crippen LogP contribution in [0.2, 0.25) is 0 Å². The van der Waals surface area contributed by atoms with Gasteiger partial charge in [0.15, 0.2) is 11.6 Å². The Morgan fingerprint density at radius 1 is 1.33 bits per heavy atom. The molecule has 0 aliphatic carbocycles. The number of methoxy groups -OCH3 is 1. The van der Waals surface area contributed by atoms with Crippen LogP contribution in [0.4, 0.5) is 10.2 Å². The highest BCUT2D eigenvalue weighted by molar-refractivity contribution is 5.35. The summed E-state index contributed by atoms with van der Waals surface area (Å²) < 4.78 is 18.6. The number of nitrogen functional groups attached to an aromatic ring is 1. The normalized spacial score (nSPS) is 12.1. The van der Waals surface area contributed by atoms with Gasteiger partial charge in [0.05, 0.1) is 7.11 Å². The van der Waals surface area contributed by atoms with E-state index in [1.807, 2.05) is 19.1 Å². The van der Waals surface area contributed by atoms with Crippen LogP contribution in [-0.4, -0.2) is 18.6 Å². The Morgan fingerprint density at radius 3 is 2.81 bits per heavy atom. The number of ether oxygens (including phenoxy) is 1. The molecule has 3 N–H and O–H groups in total. The Kier molecular flexibility index (Phi) is 5.11. The summed E-state index contributed by atoms with van der Waals surface area (Å²) in [5.74, 6) is 0.397. The molecule has 1 aromatic carbocycles. The van der Waals surface area contributed by atoms with Crippen LogP contribution >= 0.6 is 0 Å². The molecule has 1 heterocycles. The predicted octanol–water partition coefficient (Wildman–Crippen LogP) is 2.70. The molecular weight excluding hydrogens is 269 g/mol. The highest BCUT2D eigenvalue weighted by Gasteiger charge is 2.14. The molecule has 21 heavy (non-hydrogen) atoms. The van der Waals surface area contributed by atoms with Crippen LogP contribution in [0, 0.1) is 5.82 Å². The summed E-state index contributed by atoms with van der Waals surface area (Å²) in [6, 6.07) is 8.78. The summed E-state index contributed by atoms with van der Waals surface area (Å²) in [5, 5.41) is 3.40. The SMILES string of the molecule is CCNC(Cc1ccnc(N)c1)c1ccc(F)c(OC)c1. The second kappa shape index (κ2) is 7.04. The van der Waals surface area contributed by atoms with Gasteiger partial charge in [-0.25, -0.2) is 9.37 Å². The zero-order chi connectivity index (χ0) is 15.2. The number of nitrogens with zero attached hydrogens (tertiary/aromatic N) is 1. The second-order valence-corrected chi connectivity index (χ2v) is 4.80. The van der Waals surface area contributed by atoms with Crippen LogP contribution in [0.25, 0.3) is 0 Å². The van der Waals surface area contributed by atoms with Crippen molar-refractivity contribution in [1.29, 1.82) is 0 Å². The first-order valence-electron chi connectivity index (χ1n) is 6.91. The summed E-state index contributed by atoms with van der Waals surface area (Å²) in [6.45, 7) is 2.85. The molecule has 1 unspecified atom stereocenters. The number of pyridine rings is 1. The first-order chi connectivity index (χ1) is 10.1. The van der Waals surface area contributed by atoms with Crippen molar-refractivity contribution in [3.8, 4) is 5.75 Å². The third-order valence-electron chi connectivity index (χ3n) is 3.31. The minimum Gasteiger partial charge on any atom is -0.494 e. The minimum absolute atomic E-state index is 0.0614. The zero-order valence-electron chi connectivity index (χ0n) is 12.3. The molecule has 5 heteroatoms. The first-order valence-corrected chi connectivity index (χ1v) is 6.91. The van der Waals surface area contributed by atoms with Crippen molar-refractivity contribution in [2.24, 2.45) is 0 Å². The van der Waals surface area contributed by atoms with Crippen molar-refractivity contribution in [2.45, 2.75) is 19.4 Å². The lowest BCUT2D eigenvalue weighted by Crippen LogP contribution is -2.23. The van der Waals surface area contributed by atoms with Crippen molar-refractivity contribution < 1.29 is 9.13 Å². The van der Waals surface area contributed by atoms with Crippen LogP contribution in [0.15, 0.2) is 36.5 Å². The second-order valence-electron chi connectivity index (χ2n) is 4.80. The van der Waals surface area contributed by atoms with Crippen LogP contribution in [0.3, 0.4) is 0 Å². The molecule has 2 rings (SSSR count). The van der Waals surface area contributed by atoms with E-state index in [0.717, 1.165) is 24.1 Å². The number of halogens is 1. The lowest BCUT2D eigenvalue weighted by Gasteiger charge is -2.19. The van der Waals surface area contributed by atoms with E-state index in [4.69, 9.17) is 10.5 Å². The van der Waals surface area contributed by atoms with E-state index < -0.39 is 0 Å². The highest BCUT2D eigenvalue weighted by atomic mass is 19.1. The number of rotatable bonds is 6. The van der Waals surface area contributed by atoms with E-state index in [2.05, 4.69) is 10.3 Å². The average molecular weight is 289 g/mol. The molecule has 0 aliphatic rings. The number of anilines is 1. The maximum absolute atomic E-state index is 13.5. The quantitative estimate of drug-likeness (QED) is 0.858. The Bertz CT molecular complexity index is 604. The van der Waals surface area contributed by atoms with E-state index in [-0.39, 0.29) is 17.6 Å². The van der Waals surface area contributed by atoms with E-state index in [1.54, 1.807) is 18.3 Å². The van der Waals surface area contributed by atoms with Crippen molar-refractivity contribution in [3.05, 3.63) is 53.5 Å². The number of likely N-dealkylation sites (N-methyl/N-ethyl adjacent to an activating group) is 1. The summed E-state index contributed by atoms with van der Waals surface area (Å²) >= 11 is 0. The molecule has 0 bridgehead atoms. The lowest BCUT2D eigenvalue weighted by molar-refractivity contribution is 0.384. The summed E-state index contributed by atoms with van der Waals surface area (Å²) in [5.41, 5.74) is 7.77. The lowest BCUT2D eigenvalue weighted by atomic mass is 9.99. The summed E-state index contributed by atoms with van der Waals surface area (Å²) in [6.07, 6.45) is 2.44. The molecular formula is C16H20FN3O. The van der Waals surface area contributed by atoms with E-state index in [1.165, 1.54) is 13.2 Å². The molecule has 0 radical (unpaired) electrons. The van der Waals surface area contributed by atoms with Gasteiger partial charge in [-0.05, 0) is 48.4 Å². The van der Waals surface area contributed by atoms with Crippen molar-refractivity contribution >= 4 is 5.82 Å². The van der Waals surface area contributed by atoms with Crippen molar-refractivity contribution in [1.82, 2.24) is 10.3 Å². The number of benzene rings is 1. The number of hydrogen-bond acceptors (Lipinski definition) is 4. The zero-order valence-corrected chi connectivity index (χ0v) is 12.3. The number of nitrogens with one attached hydrogen (secondary N) is 1. The maximum atomic E-state index is 13.5. The van der Waals surface area contributed by atoms with Crippen LogP contribution < -0.4 is 15.8 Å². The molecule has 0 amide bonds. The Hall–Kier alpha value is -2.14. The van der Waals surface area contributed by atoms with Gasteiger partial charge >= 0.3 is 0 Å². The van der Waals surface area contributed by atoms with Gasteiger partial charge in [-0.3, -0.25) is 0 Å². The van der Waals surface area contributed by atoms with Crippen molar-refractivity contribution in [2.75, 3.05) is 19.4 Å². The molecule has 0 spiro atoms. The number of aromatic nitrogens is 1. The van der Waals surface area contributed by atoms with Gasteiger partial charge in [-0.15, -0.1) is 0 Å². The smallest absolute Gasteiger partial charge is 0.165 e. The van der Waals surface area contributed by atoms with Gasteiger partial charge in [0, 0.05) is 12.2 Å². The molecule has 0 saturated heterocycles.